The van der Waals surface area contributed by atoms with Gasteiger partial charge >= 0.3 is 12.3 Å². The zero-order valence-electron chi connectivity index (χ0n) is 8.85. The van der Waals surface area contributed by atoms with Gasteiger partial charge in [-0.05, 0) is 22.6 Å². The van der Waals surface area contributed by atoms with E-state index in [4.69, 9.17) is 0 Å². The van der Waals surface area contributed by atoms with Gasteiger partial charge in [0.25, 0.3) is 0 Å². The molecule has 0 bridgehead atoms. The van der Waals surface area contributed by atoms with Crippen LogP contribution in [0.3, 0.4) is 0 Å². The molecule has 1 aromatic rings. The molecule has 0 aromatic carbocycles. The van der Waals surface area contributed by atoms with Gasteiger partial charge in [0.05, 0.1) is 16.2 Å². The topological polar surface area (TPSA) is 48.4 Å². The minimum Gasteiger partial charge on any atom is -0.465 e. The first-order valence-electron chi connectivity index (χ1n) is 4.37. The fraction of sp³-hybridized carbons (Fsp3) is 0.333. The summed E-state index contributed by atoms with van der Waals surface area (Å²) in [5.41, 5.74) is -0.490. The summed E-state index contributed by atoms with van der Waals surface area (Å²) in [4.78, 5) is 14.7. The normalized spacial score (nSPS) is 11.2. The van der Waals surface area contributed by atoms with E-state index in [0.29, 0.717) is 0 Å². The SMILES string of the molecule is COC(=O)c1c(CF)cnc(OC(F)(F)F)c1I. The Morgan fingerprint density at radius 2 is 2.11 bits per heavy atom. The van der Waals surface area contributed by atoms with Gasteiger partial charge in [-0.25, -0.2) is 14.2 Å². The Morgan fingerprint density at radius 3 is 2.56 bits per heavy atom. The molecule has 0 radical (unpaired) electrons. The van der Waals surface area contributed by atoms with Gasteiger partial charge < -0.3 is 9.47 Å². The summed E-state index contributed by atoms with van der Waals surface area (Å²) in [5.74, 6) is -1.78. The molecule has 1 rings (SSSR count). The summed E-state index contributed by atoms with van der Waals surface area (Å²) in [5, 5.41) is 0. The third-order valence-electron chi connectivity index (χ3n) is 1.81. The number of nitrogens with zero attached hydrogens (tertiary/aromatic N) is 1. The maximum absolute atomic E-state index is 12.6. The first-order chi connectivity index (χ1) is 8.30. The van der Waals surface area contributed by atoms with Crippen molar-refractivity contribution in [3.63, 3.8) is 0 Å². The molecule has 18 heavy (non-hydrogen) atoms. The number of carbonyl (C=O) groups excluding carboxylic acids is 1. The standard InChI is InChI=1S/C9H6F4INO3/c1-17-8(16)5-4(2-10)3-15-7(6(5)14)18-9(11,12)13/h3H,2H2,1H3. The molecule has 0 spiro atoms. The van der Waals surface area contributed by atoms with Gasteiger partial charge in [-0.1, -0.05) is 0 Å². The predicted octanol–water partition coefficient (Wildman–Crippen LogP) is 2.84. The Labute approximate surface area is 112 Å². The van der Waals surface area contributed by atoms with Crippen LogP contribution in [0, 0.1) is 3.57 Å². The number of carbonyl (C=O) groups is 1. The Morgan fingerprint density at radius 1 is 1.50 bits per heavy atom. The second-order valence-corrected chi connectivity index (χ2v) is 4.03. The Kier molecular flexibility index (Phi) is 4.71. The molecule has 0 fully saturated rings. The lowest BCUT2D eigenvalue weighted by Crippen LogP contribution is -2.20. The van der Waals surface area contributed by atoms with E-state index in [2.05, 4.69) is 14.5 Å². The number of hydrogen-bond donors (Lipinski definition) is 0. The third-order valence-corrected chi connectivity index (χ3v) is 2.81. The van der Waals surface area contributed by atoms with Crippen molar-refractivity contribution >= 4 is 28.6 Å². The van der Waals surface area contributed by atoms with Gasteiger partial charge in [-0.3, -0.25) is 0 Å². The van der Waals surface area contributed by atoms with Crippen LogP contribution in [0.1, 0.15) is 15.9 Å². The van der Waals surface area contributed by atoms with Crippen molar-refractivity contribution in [2.75, 3.05) is 7.11 Å². The van der Waals surface area contributed by atoms with E-state index in [1.54, 1.807) is 0 Å². The van der Waals surface area contributed by atoms with Crippen LogP contribution in [-0.2, 0) is 11.4 Å². The molecule has 0 atom stereocenters. The molecule has 1 heterocycles. The number of methoxy groups -OCH3 is 1. The van der Waals surface area contributed by atoms with Crippen LogP contribution in [-0.4, -0.2) is 24.4 Å². The summed E-state index contributed by atoms with van der Waals surface area (Å²) in [6, 6.07) is 0. The molecule has 1 aromatic heterocycles. The van der Waals surface area contributed by atoms with E-state index in [-0.39, 0.29) is 14.7 Å². The van der Waals surface area contributed by atoms with E-state index in [9.17, 15) is 22.4 Å². The molecule has 0 amide bonds. The molecule has 100 valence electrons. The van der Waals surface area contributed by atoms with Crippen molar-refractivity contribution in [1.29, 1.82) is 0 Å². The predicted molar refractivity (Wildman–Crippen MR) is 59.8 cm³/mol. The van der Waals surface area contributed by atoms with Crippen LogP contribution in [0.15, 0.2) is 6.20 Å². The molecular weight excluding hydrogens is 373 g/mol. The number of alkyl halides is 4. The lowest BCUT2D eigenvalue weighted by atomic mass is 10.1. The first-order valence-corrected chi connectivity index (χ1v) is 5.45. The molecule has 0 saturated carbocycles. The Bertz CT molecular complexity index is 464. The van der Waals surface area contributed by atoms with Crippen LogP contribution < -0.4 is 4.74 Å². The number of halogens is 5. The number of aromatic nitrogens is 1. The van der Waals surface area contributed by atoms with Crippen molar-refractivity contribution in [1.82, 2.24) is 4.98 Å². The highest BCUT2D eigenvalue weighted by Gasteiger charge is 2.34. The van der Waals surface area contributed by atoms with Crippen LogP contribution in [0.5, 0.6) is 5.88 Å². The number of hydrogen-bond acceptors (Lipinski definition) is 4. The number of pyridine rings is 1. The lowest BCUT2D eigenvalue weighted by Gasteiger charge is -2.13. The van der Waals surface area contributed by atoms with E-state index in [1.807, 2.05) is 0 Å². The molecule has 0 aliphatic heterocycles. The van der Waals surface area contributed by atoms with Crippen LogP contribution in [0.4, 0.5) is 17.6 Å². The summed E-state index contributed by atoms with van der Waals surface area (Å²) in [7, 11) is 1.03. The van der Waals surface area contributed by atoms with Gasteiger partial charge in [0.1, 0.15) is 6.67 Å². The minimum absolute atomic E-state index is 0.166. The average Bonchev–Trinajstić information content (AvgIpc) is 2.29. The van der Waals surface area contributed by atoms with Crippen molar-refractivity contribution < 1.29 is 31.8 Å². The van der Waals surface area contributed by atoms with Gasteiger partial charge in [0.15, 0.2) is 0 Å². The van der Waals surface area contributed by atoms with Crippen LogP contribution in [0.25, 0.3) is 0 Å². The number of ether oxygens (including phenoxy) is 2. The second kappa shape index (κ2) is 5.67. The monoisotopic (exact) mass is 379 g/mol. The Balaban J connectivity index is 3.30. The summed E-state index contributed by atoms with van der Waals surface area (Å²) >= 11 is 1.41. The summed E-state index contributed by atoms with van der Waals surface area (Å²) < 4.78 is 56.5. The number of rotatable bonds is 3. The van der Waals surface area contributed by atoms with Crippen molar-refractivity contribution in [3.8, 4) is 5.88 Å². The molecule has 4 nitrogen and oxygen atoms in total. The van der Waals surface area contributed by atoms with Gasteiger partial charge in [-0.2, -0.15) is 0 Å². The zero-order valence-corrected chi connectivity index (χ0v) is 11.0. The third kappa shape index (κ3) is 3.43. The Hall–Kier alpha value is -1.13. The van der Waals surface area contributed by atoms with Gasteiger partial charge in [0.2, 0.25) is 5.88 Å². The summed E-state index contributed by atoms with van der Waals surface area (Å²) in [6.07, 6.45) is -4.15. The van der Waals surface area contributed by atoms with E-state index >= 15 is 0 Å². The minimum atomic E-state index is -4.95. The average molecular weight is 379 g/mol. The van der Waals surface area contributed by atoms with Crippen LogP contribution >= 0.6 is 22.6 Å². The van der Waals surface area contributed by atoms with Crippen LogP contribution in [0.2, 0.25) is 0 Å². The van der Waals surface area contributed by atoms with E-state index < -0.39 is 24.9 Å². The molecule has 0 unspecified atom stereocenters. The van der Waals surface area contributed by atoms with E-state index in [0.717, 1.165) is 13.3 Å². The first kappa shape index (κ1) is 14.9. The molecule has 0 saturated heterocycles. The quantitative estimate of drug-likeness (QED) is 0.461. The van der Waals surface area contributed by atoms with Crippen molar-refractivity contribution in [2.24, 2.45) is 0 Å². The molecule has 0 aliphatic carbocycles. The molecule has 9 heteroatoms. The van der Waals surface area contributed by atoms with Crippen molar-refractivity contribution in [3.05, 3.63) is 20.9 Å². The molecular formula is C9H6F4INO3. The fourth-order valence-corrected chi connectivity index (χ4v) is 1.93. The van der Waals surface area contributed by atoms with Crippen molar-refractivity contribution in [2.45, 2.75) is 13.0 Å². The zero-order chi connectivity index (χ0) is 13.9. The summed E-state index contributed by atoms with van der Waals surface area (Å²) in [6.45, 7) is -1.06. The van der Waals surface area contributed by atoms with Gasteiger partial charge in [-0.15, -0.1) is 13.2 Å². The van der Waals surface area contributed by atoms with E-state index in [1.165, 1.54) is 22.6 Å². The fourth-order valence-electron chi connectivity index (χ4n) is 1.11. The van der Waals surface area contributed by atoms with Gasteiger partial charge in [0, 0.05) is 11.8 Å². The molecule has 0 aliphatic rings. The highest BCUT2D eigenvalue weighted by molar-refractivity contribution is 14.1. The maximum atomic E-state index is 12.6. The largest absolute Gasteiger partial charge is 0.574 e. The highest BCUT2D eigenvalue weighted by atomic mass is 127. The maximum Gasteiger partial charge on any atom is 0.574 e. The number of esters is 1. The molecule has 0 N–H and O–H groups in total. The smallest absolute Gasteiger partial charge is 0.465 e. The second-order valence-electron chi connectivity index (χ2n) is 2.95. The lowest BCUT2D eigenvalue weighted by molar-refractivity contribution is -0.276. The highest BCUT2D eigenvalue weighted by Crippen LogP contribution is 2.30.